The third-order valence-electron chi connectivity index (χ3n) is 5.55. The third kappa shape index (κ3) is 1.87. The first-order valence-corrected chi connectivity index (χ1v) is 9.10. The van der Waals surface area contributed by atoms with Crippen LogP contribution in [0.5, 0.6) is 0 Å². The summed E-state index contributed by atoms with van der Waals surface area (Å²) in [6.45, 7) is 0. The summed E-state index contributed by atoms with van der Waals surface area (Å²) in [7, 11) is 0. The minimum atomic E-state index is 0.0505. The molecule has 6 rings (SSSR count). The Morgan fingerprint density at radius 2 is 1.22 bits per heavy atom. The van der Waals surface area contributed by atoms with E-state index in [2.05, 4.69) is 42.5 Å². The van der Waals surface area contributed by atoms with E-state index in [1.54, 1.807) is 0 Å². The van der Waals surface area contributed by atoms with Crippen LogP contribution in [0.15, 0.2) is 95.8 Å². The second kappa shape index (κ2) is 5.18. The molecule has 4 aromatic carbocycles. The zero-order valence-corrected chi connectivity index (χ0v) is 14.5. The van der Waals surface area contributed by atoms with E-state index < -0.39 is 0 Å². The van der Waals surface area contributed by atoms with Gasteiger partial charge in [-0.1, -0.05) is 72.8 Å². The molecule has 0 N–H and O–H groups in total. The fraction of sp³-hybridized carbons (Fsp3) is 0. The van der Waals surface area contributed by atoms with Gasteiger partial charge in [-0.15, -0.1) is 0 Å². The SMILES string of the molecule is O=c1c2ccc(-c3ccccc3)cc2c2cccc3c4ccccc4n1c23. The predicted octanol–water partition coefficient (Wildman–Crippen LogP) is 5.86. The van der Waals surface area contributed by atoms with Crippen molar-refractivity contribution in [1.29, 1.82) is 0 Å². The molecule has 2 heteroatoms. The van der Waals surface area contributed by atoms with E-state index in [1.165, 1.54) is 0 Å². The average Bonchev–Trinajstić information content (AvgIpc) is 3.08. The molecule has 0 aliphatic rings. The molecule has 2 aromatic heterocycles. The van der Waals surface area contributed by atoms with Gasteiger partial charge in [-0.05, 0) is 34.7 Å². The van der Waals surface area contributed by atoms with Crippen molar-refractivity contribution in [3.63, 3.8) is 0 Å². The summed E-state index contributed by atoms with van der Waals surface area (Å²) >= 11 is 0. The fourth-order valence-electron chi connectivity index (χ4n) is 4.33. The number of hydrogen-bond acceptors (Lipinski definition) is 1. The Kier molecular flexibility index (Phi) is 2.78. The molecule has 27 heavy (non-hydrogen) atoms. The lowest BCUT2D eigenvalue weighted by Gasteiger charge is -2.08. The van der Waals surface area contributed by atoms with Gasteiger partial charge in [0.2, 0.25) is 0 Å². The predicted molar refractivity (Wildman–Crippen MR) is 113 cm³/mol. The lowest BCUT2D eigenvalue weighted by molar-refractivity contribution is 1.21. The highest BCUT2D eigenvalue weighted by molar-refractivity contribution is 6.20. The second-order valence-corrected chi connectivity index (χ2v) is 6.99. The van der Waals surface area contributed by atoms with Crippen LogP contribution in [0.4, 0.5) is 0 Å². The van der Waals surface area contributed by atoms with Crippen LogP contribution >= 0.6 is 0 Å². The average molecular weight is 345 g/mol. The van der Waals surface area contributed by atoms with Gasteiger partial charge in [-0.25, -0.2) is 0 Å². The molecular weight excluding hydrogens is 330 g/mol. The molecule has 0 aliphatic heterocycles. The Labute approximate surface area is 155 Å². The zero-order chi connectivity index (χ0) is 18.0. The summed E-state index contributed by atoms with van der Waals surface area (Å²) in [5, 5.41) is 5.15. The minimum absolute atomic E-state index is 0.0505. The molecule has 0 saturated carbocycles. The molecule has 0 spiro atoms. The molecule has 126 valence electrons. The first-order valence-electron chi connectivity index (χ1n) is 9.10. The largest absolute Gasteiger partial charge is 0.275 e. The molecule has 0 aliphatic carbocycles. The Morgan fingerprint density at radius 1 is 0.519 bits per heavy atom. The van der Waals surface area contributed by atoms with Gasteiger partial charge in [0.15, 0.2) is 0 Å². The van der Waals surface area contributed by atoms with Crippen LogP contribution in [0, 0.1) is 0 Å². The summed E-state index contributed by atoms with van der Waals surface area (Å²) in [4.78, 5) is 13.4. The highest BCUT2D eigenvalue weighted by Crippen LogP contribution is 2.35. The number of aromatic nitrogens is 1. The lowest BCUT2D eigenvalue weighted by atomic mass is 9.99. The Balaban J connectivity index is 1.86. The van der Waals surface area contributed by atoms with Crippen molar-refractivity contribution < 1.29 is 0 Å². The normalized spacial score (nSPS) is 11.9. The van der Waals surface area contributed by atoms with Crippen molar-refractivity contribution >= 4 is 38.0 Å². The van der Waals surface area contributed by atoms with Crippen LogP contribution in [0.1, 0.15) is 0 Å². The molecule has 0 unspecified atom stereocenters. The van der Waals surface area contributed by atoms with Crippen LogP contribution in [-0.2, 0) is 0 Å². The molecule has 2 heterocycles. The smallest absolute Gasteiger partial charge is 0.263 e. The first-order chi connectivity index (χ1) is 13.3. The molecule has 0 saturated heterocycles. The van der Waals surface area contributed by atoms with E-state index in [4.69, 9.17) is 0 Å². The van der Waals surface area contributed by atoms with Crippen LogP contribution < -0.4 is 5.56 Å². The minimum Gasteiger partial charge on any atom is -0.275 e. The summed E-state index contributed by atoms with van der Waals surface area (Å²) in [6, 6.07) is 30.9. The monoisotopic (exact) mass is 345 g/mol. The van der Waals surface area contributed by atoms with E-state index in [9.17, 15) is 4.79 Å². The number of rotatable bonds is 1. The number of nitrogens with zero attached hydrogens (tertiary/aromatic N) is 1. The molecule has 0 fully saturated rings. The third-order valence-corrected chi connectivity index (χ3v) is 5.55. The molecule has 0 atom stereocenters. The summed E-state index contributed by atoms with van der Waals surface area (Å²) in [6.07, 6.45) is 0. The molecule has 0 amide bonds. The standard InChI is InChI=1S/C25H15NO/c27-25-21-14-13-17(16-7-2-1-3-8-16)15-22(21)20-11-6-10-19-18-9-4-5-12-23(18)26(25)24(19)20/h1-15H. The van der Waals surface area contributed by atoms with Crippen LogP contribution in [0.2, 0.25) is 0 Å². The number of hydrogen-bond donors (Lipinski definition) is 0. The Bertz CT molecular complexity index is 1530. The number of pyridine rings is 1. The van der Waals surface area contributed by atoms with Gasteiger partial charge in [0.05, 0.1) is 11.0 Å². The molecular formula is C25H15NO. The molecule has 0 bridgehead atoms. The van der Waals surface area contributed by atoms with Gasteiger partial charge in [0, 0.05) is 21.5 Å². The van der Waals surface area contributed by atoms with Crippen molar-refractivity contribution in [3.05, 3.63) is 101 Å². The lowest BCUT2D eigenvalue weighted by Crippen LogP contribution is -2.12. The number of benzene rings is 4. The van der Waals surface area contributed by atoms with Crippen molar-refractivity contribution in [1.82, 2.24) is 4.40 Å². The van der Waals surface area contributed by atoms with Gasteiger partial charge >= 0.3 is 0 Å². The van der Waals surface area contributed by atoms with Crippen molar-refractivity contribution in [3.8, 4) is 11.1 Å². The maximum absolute atomic E-state index is 13.4. The van der Waals surface area contributed by atoms with Crippen molar-refractivity contribution in [2.75, 3.05) is 0 Å². The maximum atomic E-state index is 13.4. The summed E-state index contributed by atoms with van der Waals surface area (Å²) in [5.41, 5.74) is 4.33. The van der Waals surface area contributed by atoms with Crippen LogP contribution in [-0.4, -0.2) is 4.40 Å². The van der Waals surface area contributed by atoms with Crippen LogP contribution in [0.25, 0.3) is 49.1 Å². The van der Waals surface area contributed by atoms with Gasteiger partial charge in [0.1, 0.15) is 0 Å². The van der Waals surface area contributed by atoms with Gasteiger partial charge in [0.25, 0.3) is 5.56 Å². The van der Waals surface area contributed by atoms with E-state index in [0.29, 0.717) is 0 Å². The van der Waals surface area contributed by atoms with Gasteiger partial charge < -0.3 is 0 Å². The van der Waals surface area contributed by atoms with Gasteiger partial charge in [-0.3, -0.25) is 9.20 Å². The Morgan fingerprint density at radius 3 is 2.07 bits per heavy atom. The fourth-order valence-corrected chi connectivity index (χ4v) is 4.33. The van der Waals surface area contributed by atoms with E-state index in [1.807, 2.05) is 52.9 Å². The second-order valence-electron chi connectivity index (χ2n) is 6.99. The highest BCUT2D eigenvalue weighted by Gasteiger charge is 2.16. The Hall–Kier alpha value is -3.65. The molecule has 2 nitrogen and oxygen atoms in total. The summed E-state index contributed by atoms with van der Waals surface area (Å²) < 4.78 is 1.88. The summed E-state index contributed by atoms with van der Waals surface area (Å²) in [5.74, 6) is 0. The van der Waals surface area contributed by atoms with Gasteiger partial charge in [-0.2, -0.15) is 0 Å². The van der Waals surface area contributed by atoms with E-state index in [0.717, 1.165) is 49.1 Å². The first kappa shape index (κ1) is 14.5. The molecule has 6 aromatic rings. The number of fused-ring (bicyclic) bond motifs is 5. The quantitative estimate of drug-likeness (QED) is 0.342. The van der Waals surface area contributed by atoms with E-state index >= 15 is 0 Å². The van der Waals surface area contributed by atoms with E-state index in [-0.39, 0.29) is 5.56 Å². The van der Waals surface area contributed by atoms with Crippen molar-refractivity contribution in [2.45, 2.75) is 0 Å². The number of para-hydroxylation sites is 2. The topological polar surface area (TPSA) is 21.5 Å². The van der Waals surface area contributed by atoms with Crippen molar-refractivity contribution in [2.24, 2.45) is 0 Å². The zero-order valence-electron chi connectivity index (χ0n) is 14.5. The molecule has 0 radical (unpaired) electrons. The maximum Gasteiger partial charge on any atom is 0.263 e. The van der Waals surface area contributed by atoms with Crippen LogP contribution in [0.3, 0.4) is 0 Å². The highest BCUT2D eigenvalue weighted by atomic mass is 16.1.